The number of nitrogens with zero attached hydrogens (tertiary/aromatic N) is 2. The quantitative estimate of drug-likeness (QED) is 0.573. The number of amides is 1. The molecule has 0 atom stereocenters. The first-order valence-electron chi connectivity index (χ1n) is 11.4. The number of carbonyl (C=O) groups excluding carboxylic acids is 2. The maximum atomic E-state index is 13.5. The average molecular weight is 491 g/mol. The summed E-state index contributed by atoms with van der Waals surface area (Å²) in [6.45, 7) is 10.0. The highest BCUT2D eigenvalue weighted by Gasteiger charge is 2.35. The lowest BCUT2D eigenvalue weighted by atomic mass is 9.96. The van der Waals surface area contributed by atoms with Crippen molar-refractivity contribution in [2.24, 2.45) is 5.92 Å². The molecule has 0 saturated carbocycles. The van der Waals surface area contributed by atoms with Gasteiger partial charge in [-0.15, -0.1) is 0 Å². The van der Waals surface area contributed by atoms with E-state index < -0.39 is 16.0 Å². The molecule has 1 aromatic heterocycles. The number of ether oxygens (including phenoxy) is 1. The van der Waals surface area contributed by atoms with Crippen molar-refractivity contribution in [2.45, 2.75) is 58.9 Å². The molecule has 9 heteroatoms. The molecular formula is C25H34N2O6S. The Morgan fingerprint density at radius 1 is 1.06 bits per heavy atom. The molecule has 0 bridgehead atoms. The molecular weight excluding hydrogens is 456 g/mol. The largest absolute Gasteiger partial charge is 0.465 e. The standard InChI is InChI=1S/C25H34N2O6S/c1-15-12-16(2)18(4)23(17(15)3)34(30,31)27-10-8-20(9-11-27)24(28)26(6)14-21-13-22(19(5)33-21)25(29)32-7/h12-13,20H,8-11,14H2,1-7H3. The molecule has 3 rings (SSSR count). The minimum atomic E-state index is -3.65. The smallest absolute Gasteiger partial charge is 0.341 e. The summed E-state index contributed by atoms with van der Waals surface area (Å²) in [6.07, 6.45) is 0.909. The van der Waals surface area contributed by atoms with Crippen molar-refractivity contribution < 1.29 is 27.2 Å². The third-order valence-corrected chi connectivity index (χ3v) is 9.01. The van der Waals surface area contributed by atoms with E-state index in [2.05, 4.69) is 0 Å². The number of benzene rings is 1. The van der Waals surface area contributed by atoms with E-state index >= 15 is 0 Å². The summed E-state index contributed by atoms with van der Waals surface area (Å²) in [6, 6.07) is 3.60. The molecule has 0 radical (unpaired) electrons. The van der Waals surface area contributed by atoms with Crippen molar-refractivity contribution in [2.75, 3.05) is 27.2 Å². The summed E-state index contributed by atoms with van der Waals surface area (Å²) in [4.78, 5) is 26.8. The Balaban J connectivity index is 1.68. The van der Waals surface area contributed by atoms with Gasteiger partial charge in [0.2, 0.25) is 15.9 Å². The number of methoxy groups -OCH3 is 1. The number of carbonyl (C=O) groups is 2. The Kier molecular flexibility index (Phi) is 7.57. The molecule has 1 amide bonds. The second kappa shape index (κ2) is 9.92. The summed E-state index contributed by atoms with van der Waals surface area (Å²) in [5.74, 6) is 0.121. The average Bonchev–Trinajstić information content (AvgIpc) is 3.16. The zero-order valence-electron chi connectivity index (χ0n) is 21.0. The Hall–Kier alpha value is -2.65. The van der Waals surface area contributed by atoms with Gasteiger partial charge in [0, 0.05) is 26.1 Å². The number of esters is 1. The minimum absolute atomic E-state index is 0.0653. The van der Waals surface area contributed by atoms with Gasteiger partial charge in [0.05, 0.1) is 18.6 Å². The van der Waals surface area contributed by atoms with Crippen LogP contribution >= 0.6 is 0 Å². The summed E-state index contributed by atoms with van der Waals surface area (Å²) >= 11 is 0. The molecule has 186 valence electrons. The number of furan rings is 1. The van der Waals surface area contributed by atoms with Crippen LogP contribution in [-0.4, -0.2) is 56.7 Å². The number of aryl methyl sites for hydroxylation is 3. The van der Waals surface area contributed by atoms with Crippen LogP contribution in [0.2, 0.25) is 0 Å². The predicted molar refractivity (Wildman–Crippen MR) is 128 cm³/mol. The first-order chi connectivity index (χ1) is 15.9. The van der Waals surface area contributed by atoms with Gasteiger partial charge in [-0.3, -0.25) is 4.79 Å². The predicted octanol–water partition coefficient (Wildman–Crippen LogP) is 3.67. The monoisotopic (exact) mass is 490 g/mol. The number of hydrogen-bond donors (Lipinski definition) is 0. The van der Waals surface area contributed by atoms with Crippen molar-refractivity contribution in [1.82, 2.24) is 9.21 Å². The second-order valence-electron chi connectivity index (χ2n) is 9.14. The van der Waals surface area contributed by atoms with Gasteiger partial charge in [-0.1, -0.05) is 6.07 Å². The summed E-state index contributed by atoms with van der Waals surface area (Å²) in [5.41, 5.74) is 3.81. The Bertz CT molecular complexity index is 1180. The third kappa shape index (κ3) is 4.90. The molecule has 2 heterocycles. The van der Waals surface area contributed by atoms with Crippen LogP contribution in [0.1, 0.15) is 57.0 Å². The van der Waals surface area contributed by atoms with Crippen LogP contribution in [0.15, 0.2) is 21.4 Å². The van der Waals surface area contributed by atoms with Crippen LogP contribution in [0, 0.1) is 40.5 Å². The number of sulfonamides is 1. The van der Waals surface area contributed by atoms with E-state index in [0.29, 0.717) is 47.9 Å². The zero-order valence-corrected chi connectivity index (χ0v) is 21.8. The fourth-order valence-electron chi connectivity index (χ4n) is 4.60. The van der Waals surface area contributed by atoms with E-state index in [0.717, 1.165) is 22.3 Å². The van der Waals surface area contributed by atoms with Crippen LogP contribution in [-0.2, 0) is 26.1 Å². The number of rotatable bonds is 6. The van der Waals surface area contributed by atoms with Gasteiger partial charge in [0.1, 0.15) is 17.1 Å². The van der Waals surface area contributed by atoms with E-state index in [1.165, 1.54) is 11.4 Å². The molecule has 2 aromatic rings. The first-order valence-corrected chi connectivity index (χ1v) is 12.8. The molecule has 0 spiro atoms. The minimum Gasteiger partial charge on any atom is -0.465 e. The first kappa shape index (κ1) is 26.0. The van der Waals surface area contributed by atoms with E-state index in [9.17, 15) is 18.0 Å². The fourth-order valence-corrected chi connectivity index (χ4v) is 6.64. The third-order valence-electron chi connectivity index (χ3n) is 6.84. The molecule has 8 nitrogen and oxygen atoms in total. The van der Waals surface area contributed by atoms with Crippen molar-refractivity contribution in [1.29, 1.82) is 0 Å². The molecule has 1 saturated heterocycles. The van der Waals surface area contributed by atoms with Gasteiger partial charge in [-0.05, 0) is 75.8 Å². The number of hydrogen-bond acceptors (Lipinski definition) is 6. The van der Waals surface area contributed by atoms with Crippen LogP contribution in [0.4, 0.5) is 0 Å². The van der Waals surface area contributed by atoms with Gasteiger partial charge in [-0.25, -0.2) is 13.2 Å². The summed E-state index contributed by atoms with van der Waals surface area (Å²) in [7, 11) is -0.661. The zero-order chi connectivity index (χ0) is 25.4. The Labute approximate surface area is 201 Å². The maximum Gasteiger partial charge on any atom is 0.341 e. The molecule has 1 aromatic carbocycles. The van der Waals surface area contributed by atoms with Crippen molar-refractivity contribution in [3.05, 3.63) is 51.5 Å². The highest BCUT2D eigenvalue weighted by molar-refractivity contribution is 7.89. The lowest BCUT2D eigenvalue weighted by Crippen LogP contribution is -2.43. The molecule has 0 N–H and O–H groups in total. The lowest BCUT2D eigenvalue weighted by molar-refractivity contribution is -0.136. The lowest BCUT2D eigenvalue weighted by Gasteiger charge is -2.33. The number of piperidine rings is 1. The second-order valence-corrected chi connectivity index (χ2v) is 11.0. The van der Waals surface area contributed by atoms with E-state index in [4.69, 9.17) is 9.15 Å². The Morgan fingerprint density at radius 3 is 2.15 bits per heavy atom. The van der Waals surface area contributed by atoms with Gasteiger partial charge in [-0.2, -0.15) is 4.31 Å². The van der Waals surface area contributed by atoms with Crippen LogP contribution in [0.25, 0.3) is 0 Å². The highest BCUT2D eigenvalue weighted by Crippen LogP contribution is 2.31. The Morgan fingerprint density at radius 2 is 1.62 bits per heavy atom. The van der Waals surface area contributed by atoms with Crippen molar-refractivity contribution >= 4 is 21.9 Å². The van der Waals surface area contributed by atoms with Crippen LogP contribution in [0.3, 0.4) is 0 Å². The maximum absolute atomic E-state index is 13.5. The van der Waals surface area contributed by atoms with E-state index in [1.54, 1.807) is 24.9 Å². The summed E-state index contributed by atoms with van der Waals surface area (Å²) in [5, 5.41) is 0. The fraction of sp³-hybridized carbons (Fsp3) is 0.520. The van der Waals surface area contributed by atoms with Crippen LogP contribution < -0.4 is 0 Å². The SMILES string of the molecule is COC(=O)c1cc(CN(C)C(=O)C2CCN(S(=O)(=O)c3c(C)c(C)cc(C)c3C)CC2)oc1C. The van der Waals surface area contributed by atoms with Gasteiger partial charge in [0.25, 0.3) is 0 Å². The molecule has 34 heavy (non-hydrogen) atoms. The van der Waals surface area contributed by atoms with Crippen molar-refractivity contribution in [3.8, 4) is 0 Å². The van der Waals surface area contributed by atoms with Crippen molar-refractivity contribution in [3.63, 3.8) is 0 Å². The highest BCUT2D eigenvalue weighted by atomic mass is 32.2. The van der Waals surface area contributed by atoms with Gasteiger partial charge in [0.15, 0.2) is 0 Å². The normalized spacial score (nSPS) is 15.4. The molecule has 1 aliphatic heterocycles. The molecule has 1 fully saturated rings. The topological polar surface area (TPSA) is 97.1 Å². The van der Waals surface area contributed by atoms with E-state index in [1.807, 2.05) is 33.8 Å². The molecule has 0 aliphatic carbocycles. The van der Waals surface area contributed by atoms with E-state index in [-0.39, 0.29) is 18.4 Å². The summed E-state index contributed by atoms with van der Waals surface area (Å²) < 4.78 is 38.8. The van der Waals surface area contributed by atoms with Crippen LogP contribution in [0.5, 0.6) is 0 Å². The molecule has 0 unspecified atom stereocenters. The van der Waals surface area contributed by atoms with Gasteiger partial charge >= 0.3 is 5.97 Å². The van der Waals surface area contributed by atoms with Gasteiger partial charge < -0.3 is 14.1 Å². The molecule has 1 aliphatic rings.